The van der Waals surface area contributed by atoms with Crippen molar-refractivity contribution in [1.82, 2.24) is 0 Å². The average Bonchev–Trinajstić information content (AvgIpc) is 2.67. The van der Waals surface area contributed by atoms with Crippen molar-refractivity contribution in [2.24, 2.45) is 0 Å². The third kappa shape index (κ3) is 3.58. The number of rotatable bonds is 6. The maximum atomic E-state index is 11.6. The van der Waals surface area contributed by atoms with E-state index in [1.54, 1.807) is 12.1 Å². The van der Waals surface area contributed by atoms with Gasteiger partial charge in [-0.2, -0.15) is 0 Å². The molecule has 0 fully saturated rings. The first-order valence-corrected chi connectivity index (χ1v) is 8.25. The Hall–Kier alpha value is -3.99. The molecule has 0 heterocycles. The molecule has 0 unspecified atom stereocenters. The Labute approximate surface area is 166 Å². The molecule has 0 saturated heterocycles. The van der Waals surface area contributed by atoms with Crippen molar-refractivity contribution in [1.29, 1.82) is 0 Å². The lowest BCUT2D eigenvalue weighted by molar-refractivity contribution is -0.392. The Morgan fingerprint density at radius 1 is 0.862 bits per heavy atom. The van der Waals surface area contributed by atoms with Crippen LogP contribution in [0.5, 0.6) is 5.75 Å². The number of ether oxygens (including phenoxy) is 1. The Kier molecular flexibility index (Phi) is 5.15. The van der Waals surface area contributed by atoms with E-state index in [1.807, 2.05) is 0 Å². The second-order valence-corrected chi connectivity index (χ2v) is 6.14. The van der Waals surface area contributed by atoms with E-state index in [1.165, 1.54) is 25.3 Å². The first kappa shape index (κ1) is 19.8. The first-order valence-electron chi connectivity index (χ1n) is 7.88. The molecule has 0 aliphatic heterocycles. The number of nitrogens with one attached hydrogen (secondary N) is 1. The van der Waals surface area contributed by atoms with Gasteiger partial charge in [-0.1, -0.05) is 29.8 Å². The summed E-state index contributed by atoms with van der Waals surface area (Å²) >= 11 is 5.95. The molecule has 0 saturated carbocycles. The highest BCUT2D eigenvalue weighted by atomic mass is 35.5. The van der Waals surface area contributed by atoms with Gasteiger partial charge in [0, 0.05) is 5.39 Å². The van der Waals surface area contributed by atoms with Crippen LogP contribution in [-0.4, -0.2) is 21.9 Å². The van der Waals surface area contributed by atoms with Crippen LogP contribution in [0.2, 0.25) is 5.02 Å². The predicted molar refractivity (Wildman–Crippen MR) is 105 cm³/mol. The van der Waals surface area contributed by atoms with E-state index in [9.17, 15) is 30.3 Å². The molecular formula is C17H11ClN4O7. The number of nitro benzene ring substituents is 3. The Bertz CT molecular complexity index is 1180. The second-order valence-electron chi connectivity index (χ2n) is 5.74. The second kappa shape index (κ2) is 7.56. The van der Waals surface area contributed by atoms with Gasteiger partial charge in [-0.05, 0) is 12.1 Å². The molecule has 0 radical (unpaired) electrons. The van der Waals surface area contributed by atoms with Crippen LogP contribution in [0.3, 0.4) is 0 Å². The normalized spacial score (nSPS) is 10.6. The molecule has 148 valence electrons. The molecular weight excluding hydrogens is 408 g/mol. The number of non-ortho nitro benzene ring substituents is 1. The van der Waals surface area contributed by atoms with Crippen molar-refractivity contribution in [2.75, 3.05) is 12.4 Å². The zero-order valence-corrected chi connectivity index (χ0v) is 15.4. The third-order valence-corrected chi connectivity index (χ3v) is 4.42. The minimum Gasteiger partial charge on any atom is -0.494 e. The number of halogens is 1. The van der Waals surface area contributed by atoms with Crippen LogP contribution in [0.15, 0.2) is 42.5 Å². The van der Waals surface area contributed by atoms with Crippen LogP contribution in [0.4, 0.5) is 28.4 Å². The molecule has 3 aromatic rings. The van der Waals surface area contributed by atoms with Crippen molar-refractivity contribution in [3.8, 4) is 5.75 Å². The highest BCUT2D eigenvalue weighted by Crippen LogP contribution is 2.43. The molecule has 3 rings (SSSR count). The Balaban J connectivity index is 2.29. The fourth-order valence-corrected chi connectivity index (χ4v) is 3.08. The van der Waals surface area contributed by atoms with Gasteiger partial charge in [0.15, 0.2) is 0 Å². The standard InChI is InChI=1S/C17H11ClN4O7/c1-29-16-8-14(21(25)26)11(18)6-12(16)19-17-10-5-3-2-4-9(10)13(20(23)24)7-15(17)22(27)28/h2-8,19H,1H3. The Morgan fingerprint density at radius 2 is 1.45 bits per heavy atom. The van der Waals surface area contributed by atoms with E-state index in [-0.39, 0.29) is 32.9 Å². The predicted octanol–water partition coefficient (Wildman–Crippen LogP) is 4.97. The summed E-state index contributed by atoms with van der Waals surface area (Å²) in [5.74, 6) is 0.0119. The number of hydrogen-bond acceptors (Lipinski definition) is 8. The number of benzene rings is 3. The van der Waals surface area contributed by atoms with Crippen molar-refractivity contribution < 1.29 is 19.5 Å². The van der Waals surface area contributed by atoms with Crippen molar-refractivity contribution in [3.05, 3.63) is 77.8 Å². The lowest BCUT2D eigenvalue weighted by Crippen LogP contribution is -2.02. The minimum absolute atomic E-state index is 0.0119. The zero-order valence-electron chi connectivity index (χ0n) is 14.6. The lowest BCUT2D eigenvalue weighted by Gasteiger charge is -2.14. The summed E-state index contributed by atoms with van der Waals surface area (Å²) in [5, 5.41) is 37.0. The summed E-state index contributed by atoms with van der Waals surface area (Å²) in [4.78, 5) is 31.9. The number of nitro groups is 3. The van der Waals surface area contributed by atoms with E-state index in [0.29, 0.717) is 0 Å². The number of fused-ring (bicyclic) bond motifs is 1. The van der Waals surface area contributed by atoms with Crippen molar-refractivity contribution in [3.63, 3.8) is 0 Å². The molecule has 3 aromatic carbocycles. The van der Waals surface area contributed by atoms with Gasteiger partial charge in [-0.25, -0.2) is 0 Å². The fraction of sp³-hybridized carbons (Fsp3) is 0.0588. The van der Waals surface area contributed by atoms with Crippen LogP contribution in [0.1, 0.15) is 0 Å². The quantitative estimate of drug-likeness (QED) is 0.435. The molecule has 0 aromatic heterocycles. The van der Waals surface area contributed by atoms with Crippen LogP contribution >= 0.6 is 11.6 Å². The van der Waals surface area contributed by atoms with E-state index in [2.05, 4.69) is 5.32 Å². The highest BCUT2D eigenvalue weighted by molar-refractivity contribution is 6.33. The summed E-state index contributed by atoms with van der Waals surface area (Å²) in [5.41, 5.74) is -1.31. The van der Waals surface area contributed by atoms with Gasteiger partial charge in [-0.3, -0.25) is 30.3 Å². The van der Waals surface area contributed by atoms with Gasteiger partial charge in [0.05, 0.1) is 45.1 Å². The largest absolute Gasteiger partial charge is 0.494 e. The topological polar surface area (TPSA) is 151 Å². The molecule has 29 heavy (non-hydrogen) atoms. The maximum absolute atomic E-state index is 11.6. The van der Waals surface area contributed by atoms with Gasteiger partial charge in [0.2, 0.25) is 0 Å². The molecule has 0 aliphatic carbocycles. The number of methoxy groups -OCH3 is 1. The van der Waals surface area contributed by atoms with Gasteiger partial charge >= 0.3 is 0 Å². The summed E-state index contributed by atoms with van der Waals surface area (Å²) < 4.78 is 5.13. The molecule has 1 N–H and O–H groups in total. The summed E-state index contributed by atoms with van der Waals surface area (Å²) in [7, 11) is 1.26. The van der Waals surface area contributed by atoms with Crippen molar-refractivity contribution >= 4 is 50.8 Å². The van der Waals surface area contributed by atoms with Gasteiger partial charge in [0.25, 0.3) is 17.1 Å². The monoisotopic (exact) mass is 418 g/mol. The number of nitrogens with zero attached hydrogens (tertiary/aromatic N) is 3. The molecule has 11 nitrogen and oxygen atoms in total. The van der Waals surface area contributed by atoms with Gasteiger partial charge in [-0.15, -0.1) is 0 Å². The zero-order chi connectivity index (χ0) is 21.3. The first-order chi connectivity index (χ1) is 13.7. The molecule has 0 bridgehead atoms. The van der Waals surface area contributed by atoms with E-state index in [4.69, 9.17) is 16.3 Å². The lowest BCUT2D eigenvalue weighted by atomic mass is 10.0. The average molecular weight is 419 g/mol. The molecule has 0 spiro atoms. The maximum Gasteiger partial charge on any atom is 0.300 e. The molecule has 0 aliphatic rings. The van der Waals surface area contributed by atoms with Crippen molar-refractivity contribution in [2.45, 2.75) is 0 Å². The Morgan fingerprint density at radius 3 is 2.00 bits per heavy atom. The fourth-order valence-electron chi connectivity index (χ4n) is 2.85. The van der Waals surface area contributed by atoms with E-state index < -0.39 is 31.8 Å². The minimum atomic E-state index is -0.763. The molecule has 0 atom stereocenters. The molecule has 12 heteroatoms. The van der Waals surface area contributed by atoms with E-state index >= 15 is 0 Å². The van der Waals surface area contributed by atoms with Crippen LogP contribution < -0.4 is 10.1 Å². The smallest absolute Gasteiger partial charge is 0.300 e. The summed E-state index contributed by atoms with van der Waals surface area (Å²) in [6, 6.07) is 9.20. The van der Waals surface area contributed by atoms with Crippen LogP contribution in [0, 0.1) is 30.3 Å². The SMILES string of the molecule is COc1cc([N+](=O)[O-])c(Cl)cc1Nc1c([N+](=O)[O-])cc([N+](=O)[O-])c2ccccc12. The third-order valence-electron chi connectivity index (χ3n) is 4.12. The highest BCUT2D eigenvalue weighted by Gasteiger charge is 2.27. The van der Waals surface area contributed by atoms with Crippen LogP contribution in [0.25, 0.3) is 10.8 Å². The van der Waals surface area contributed by atoms with Gasteiger partial charge in [0.1, 0.15) is 16.5 Å². The molecule has 0 amide bonds. The van der Waals surface area contributed by atoms with Gasteiger partial charge < -0.3 is 10.1 Å². The summed E-state index contributed by atoms with van der Waals surface area (Å²) in [6.45, 7) is 0. The van der Waals surface area contributed by atoms with E-state index in [0.717, 1.165) is 12.1 Å². The number of hydrogen-bond donors (Lipinski definition) is 1. The number of anilines is 2. The summed E-state index contributed by atoms with van der Waals surface area (Å²) in [6.07, 6.45) is 0. The van der Waals surface area contributed by atoms with Crippen LogP contribution in [-0.2, 0) is 0 Å².